The molecule has 0 aromatic carbocycles. The zero-order valence-corrected chi connectivity index (χ0v) is 15.7. The van der Waals surface area contributed by atoms with Gasteiger partial charge in [0.25, 0.3) is 5.95 Å². The van der Waals surface area contributed by atoms with Crippen molar-refractivity contribution in [3.8, 4) is 12.3 Å². The summed E-state index contributed by atoms with van der Waals surface area (Å²) in [5, 5.41) is 40.0. The van der Waals surface area contributed by atoms with Crippen molar-refractivity contribution < 1.29 is 34.9 Å². The van der Waals surface area contributed by atoms with Gasteiger partial charge in [0.15, 0.2) is 12.2 Å². The molecule has 0 saturated heterocycles. The number of carbonyl (C=O) groups is 2. The van der Waals surface area contributed by atoms with Gasteiger partial charge in [0.1, 0.15) is 0 Å². The van der Waals surface area contributed by atoms with Crippen LogP contribution in [0.15, 0.2) is 0 Å². The Labute approximate surface area is 161 Å². The van der Waals surface area contributed by atoms with Crippen molar-refractivity contribution in [3.63, 3.8) is 0 Å². The molecule has 0 bridgehead atoms. The third-order valence-corrected chi connectivity index (χ3v) is 2.87. The topological polar surface area (TPSA) is 190 Å². The van der Waals surface area contributed by atoms with E-state index in [-0.39, 0.29) is 0 Å². The van der Waals surface area contributed by atoms with E-state index in [0.29, 0.717) is 24.4 Å². The molecule has 0 aliphatic rings. The molecule has 1 aromatic heterocycles. The van der Waals surface area contributed by atoms with Crippen LogP contribution in [0.5, 0.6) is 0 Å². The van der Waals surface area contributed by atoms with Gasteiger partial charge >= 0.3 is 11.9 Å². The Bertz CT molecular complexity index is 663. The fourth-order valence-electron chi connectivity index (χ4n) is 1.38. The number of aromatic nitrogens is 3. The van der Waals surface area contributed by atoms with E-state index in [2.05, 4.69) is 38.4 Å². The lowest BCUT2D eigenvalue weighted by molar-refractivity contribution is -0.165. The minimum atomic E-state index is -2.27. The van der Waals surface area contributed by atoms with Crippen molar-refractivity contribution in [1.82, 2.24) is 15.0 Å². The molecular formula is C15H24N6O7. The predicted octanol–water partition coefficient (Wildman–Crippen LogP) is -1.39. The summed E-state index contributed by atoms with van der Waals surface area (Å²) in [7, 11) is 3.25. The number of aliphatic carboxylic acids is 2. The minimum absolute atomic E-state index is 0.355. The number of hydrogen-bond donors (Lipinski definition) is 6. The summed E-state index contributed by atoms with van der Waals surface area (Å²) in [6.45, 7) is 3.20. The van der Waals surface area contributed by atoms with Crippen molar-refractivity contribution >= 4 is 29.8 Å². The van der Waals surface area contributed by atoms with Crippen molar-refractivity contribution in [3.05, 3.63) is 0 Å². The number of carboxylic acids is 2. The molecule has 0 saturated carbocycles. The fourth-order valence-corrected chi connectivity index (χ4v) is 1.38. The Morgan fingerprint density at radius 1 is 1.14 bits per heavy atom. The Hall–Kier alpha value is -3.21. The van der Waals surface area contributed by atoms with Crippen molar-refractivity contribution in [2.45, 2.75) is 25.6 Å². The smallest absolute Gasteiger partial charge is 0.335 e. The molecule has 28 heavy (non-hydrogen) atoms. The van der Waals surface area contributed by atoms with E-state index in [1.54, 1.807) is 7.05 Å². The van der Waals surface area contributed by atoms with Gasteiger partial charge in [-0.3, -0.25) is 4.84 Å². The number of terminal acetylenes is 1. The maximum absolute atomic E-state index is 9.77. The van der Waals surface area contributed by atoms with Crippen molar-refractivity contribution in [2.75, 3.05) is 42.9 Å². The maximum Gasteiger partial charge on any atom is 0.335 e. The number of hydrogen-bond acceptors (Lipinski definition) is 11. The zero-order valence-electron chi connectivity index (χ0n) is 15.7. The average Bonchev–Trinajstić information content (AvgIpc) is 2.68. The Balaban J connectivity index is 0.000000621. The molecule has 0 spiro atoms. The lowest BCUT2D eigenvalue weighted by Crippen LogP contribution is -2.39. The molecule has 156 valence electrons. The third kappa shape index (κ3) is 8.94. The van der Waals surface area contributed by atoms with Crippen LogP contribution >= 0.6 is 0 Å². The number of nitrogens with one attached hydrogen (secondary N) is 2. The molecular weight excluding hydrogens is 376 g/mol. The van der Waals surface area contributed by atoms with Crippen LogP contribution in [0.1, 0.15) is 13.3 Å². The average molecular weight is 400 g/mol. The van der Waals surface area contributed by atoms with Gasteiger partial charge in [0.2, 0.25) is 11.9 Å². The number of rotatable bonds is 10. The molecule has 0 radical (unpaired) electrons. The normalized spacial score (nSPS) is 11.9. The quantitative estimate of drug-likeness (QED) is 0.199. The van der Waals surface area contributed by atoms with Gasteiger partial charge in [-0.05, 0) is 6.42 Å². The number of aliphatic hydroxyl groups excluding tert-OH is 2. The first kappa shape index (κ1) is 24.8. The van der Waals surface area contributed by atoms with Gasteiger partial charge in [-0.1, -0.05) is 12.8 Å². The standard InChI is InChI=1S/C11H18N6O.C4H6O6/c1-5-7-12-9-14-10(13-8-6-2)16-11(15-9)17(3)18-4;5-1(3(7)8)2(6)4(9)10/h1H,6-8H2,2-4H3,(H2,12,13,14,15,16);1-2,5-6H,(H,7,8)(H,9,10). The maximum atomic E-state index is 9.77. The second kappa shape index (κ2) is 13.0. The van der Waals surface area contributed by atoms with E-state index in [1.165, 1.54) is 12.2 Å². The summed E-state index contributed by atoms with van der Waals surface area (Å²) in [6, 6.07) is 0. The summed E-state index contributed by atoms with van der Waals surface area (Å²) in [5.41, 5.74) is 0. The molecule has 13 nitrogen and oxygen atoms in total. The van der Waals surface area contributed by atoms with Gasteiger partial charge < -0.3 is 31.1 Å². The molecule has 6 N–H and O–H groups in total. The second-order valence-corrected chi connectivity index (χ2v) is 5.01. The summed E-state index contributed by atoms with van der Waals surface area (Å²) < 4.78 is 0. The second-order valence-electron chi connectivity index (χ2n) is 5.01. The van der Waals surface area contributed by atoms with Crippen molar-refractivity contribution in [1.29, 1.82) is 0 Å². The van der Waals surface area contributed by atoms with E-state index in [1.807, 2.05) is 0 Å². The van der Waals surface area contributed by atoms with Crippen LogP contribution in [0.4, 0.5) is 17.8 Å². The largest absolute Gasteiger partial charge is 0.479 e. The SMILES string of the molecule is C#CCNc1nc(NCCC)nc(N(C)OC)n1.O=C(O)C(O)C(O)C(=O)O. The summed E-state index contributed by atoms with van der Waals surface area (Å²) in [6.07, 6.45) is 1.63. The Kier molecular flexibility index (Phi) is 11.5. The highest BCUT2D eigenvalue weighted by Crippen LogP contribution is 2.12. The number of anilines is 3. The molecule has 1 heterocycles. The Morgan fingerprint density at radius 2 is 1.64 bits per heavy atom. The Morgan fingerprint density at radius 3 is 2.04 bits per heavy atom. The molecule has 2 atom stereocenters. The molecule has 1 aromatic rings. The first-order valence-corrected chi connectivity index (χ1v) is 7.94. The van der Waals surface area contributed by atoms with Crippen molar-refractivity contribution in [2.24, 2.45) is 0 Å². The van der Waals surface area contributed by atoms with Crippen LogP contribution in [0, 0.1) is 12.3 Å². The molecule has 0 fully saturated rings. The van der Waals surface area contributed by atoms with E-state index < -0.39 is 24.1 Å². The van der Waals surface area contributed by atoms with E-state index >= 15 is 0 Å². The van der Waals surface area contributed by atoms with E-state index in [4.69, 9.17) is 31.7 Å². The monoisotopic (exact) mass is 400 g/mol. The molecule has 0 aliphatic carbocycles. The number of nitrogens with zero attached hydrogens (tertiary/aromatic N) is 4. The van der Waals surface area contributed by atoms with Crippen LogP contribution in [0.25, 0.3) is 0 Å². The fraction of sp³-hybridized carbons (Fsp3) is 0.533. The van der Waals surface area contributed by atoms with Crippen LogP contribution in [0.2, 0.25) is 0 Å². The highest BCUT2D eigenvalue weighted by atomic mass is 16.7. The highest BCUT2D eigenvalue weighted by molar-refractivity contribution is 5.83. The first-order valence-electron chi connectivity index (χ1n) is 7.94. The van der Waals surface area contributed by atoms with E-state index in [0.717, 1.165) is 13.0 Å². The number of aliphatic hydroxyl groups is 2. The summed E-state index contributed by atoms with van der Waals surface area (Å²) in [5.74, 6) is 0.244. The van der Waals surface area contributed by atoms with Gasteiger partial charge in [0, 0.05) is 13.6 Å². The van der Waals surface area contributed by atoms with Crippen LogP contribution in [-0.2, 0) is 14.4 Å². The lowest BCUT2D eigenvalue weighted by Gasteiger charge is -2.15. The van der Waals surface area contributed by atoms with Crippen LogP contribution in [-0.4, -0.2) is 86.8 Å². The molecule has 13 heteroatoms. The van der Waals surface area contributed by atoms with Gasteiger partial charge in [-0.2, -0.15) is 15.0 Å². The first-order chi connectivity index (χ1) is 13.2. The number of hydroxylamine groups is 1. The highest BCUT2D eigenvalue weighted by Gasteiger charge is 2.29. The zero-order chi connectivity index (χ0) is 21.7. The van der Waals surface area contributed by atoms with Gasteiger partial charge in [0.05, 0.1) is 13.7 Å². The summed E-state index contributed by atoms with van der Waals surface area (Å²) >= 11 is 0. The predicted molar refractivity (Wildman–Crippen MR) is 98.6 cm³/mol. The third-order valence-electron chi connectivity index (χ3n) is 2.87. The summed E-state index contributed by atoms with van der Waals surface area (Å²) in [4.78, 5) is 37.2. The van der Waals surface area contributed by atoms with Gasteiger partial charge in [-0.15, -0.1) is 6.42 Å². The molecule has 2 unspecified atom stereocenters. The molecule has 1 rings (SSSR count). The molecule has 0 amide bonds. The van der Waals surface area contributed by atoms with Crippen LogP contribution < -0.4 is 15.7 Å². The number of carboxylic acid groups (broad SMARTS) is 2. The molecule has 0 aliphatic heterocycles. The minimum Gasteiger partial charge on any atom is -0.479 e. The lowest BCUT2D eigenvalue weighted by atomic mass is 10.2. The van der Waals surface area contributed by atoms with Gasteiger partial charge in [-0.25, -0.2) is 14.7 Å². The van der Waals surface area contributed by atoms with E-state index in [9.17, 15) is 9.59 Å². The van der Waals surface area contributed by atoms with Crippen LogP contribution in [0.3, 0.4) is 0 Å².